The summed E-state index contributed by atoms with van der Waals surface area (Å²) >= 11 is 0. The van der Waals surface area contributed by atoms with Crippen LogP contribution in [0, 0.1) is 0 Å². The van der Waals surface area contributed by atoms with Gasteiger partial charge in [-0.05, 0) is 31.2 Å². The molecule has 110 valence electrons. The third-order valence-electron chi connectivity index (χ3n) is 2.45. The lowest BCUT2D eigenvalue weighted by molar-refractivity contribution is -0.124. The van der Waals surface area contributed by atoms with Gasteiger partial charge in [-0.3, -0.25) is 9.59 Å². The Kier molecular flexibility index (Phi) is 7.29. The van der Waals surface area contributed by atoms with Gasteiger partial charge in [-0.2, -0.15) is 0 Å². The van der Waals surface area contributed by atoms with Gasteiger partial charge in [-0.25, -0.2) is 0 Å². The standard InChI is InChI=1S/C10H11NO2.C7H8O/c1-8(12)7-10(13)11-9-5-3-2-4-6-9;1-8-7-5-3-2-4-6-7/h2-6H,7H2,1H3,(H,11,13);2-6H,1H3. The molecule has 0 unspecified atom stereocenters. The molecule has 0 saturated carbocycles. The van der Waals surface area contributed by atoms with Gasteiger partial charge in [0.2, 0.25) is 5.91 Å². The highest BCUT2D eigenvalue weighted by molar-refractivity contribution is 6.03. The number of carbonyl (C=O) groups is 2. The summed E-state index contributed by atoms with van der Waals surface area (Å²) in [6.07, 6.45) is -0.0606. The lowest BCUT2D eigenvalue weighted by Crippen LogP contribution is -2.14. The monoisotopic (exact) mass is 285 g/mol. The first-order valence-electron chi connectivity index (χ1n) is 6.55. The third-order valence-corrected chi connectivity index (χ3v) is 2.45. The number of ketones is 1. The quantitative estimate of drug-likeness (QED) is 0.877. The zero-order valence-electron chi connectivity index (χ0n) is 12.2. The van der Waals surface area contributed by atoms with Crippen LogP contribution in [0.4, 0.5) is 5.69 Å². The van der Waals surface area contributed by atoms with Crippen LogP contribution in [0.2, 0.25) is 0 Å². The van der Waals surface area contributed by atoms with Gasteiger partial charge in [0.1, 0.15) is 11.5 Å². The number of benzene rings is 2. The van der Waals surface area contributed by atoms with Gasteiger partial charge in [0.25, 0.3) is 0 Å². The van der Waals surface area contributed by atoms with Gasteiger partial charge < -0.3 is 10.1 Å². The van der Waals surface area contributed by atoms with E-state index in [9.17, 15) is 9.59 Å². The van der Waals surface area contributed by atoms with E-state index < -0.39 is 0 Å². The van der Waals surface area contributed by atoms with E-state index in [0.29, 0.717) is 5.69 Å². The molecule has 0 aliphatic heterocycles. The highest BCUT2D eigenvalue weighted by Gasteiger charge is 2.04. The molecular weight excluding hydrogens is 266 g/mol. The van der Waals surface area contributed by atoms with E-state index in [1.165, 1.54) is 6.92 Å². The second kappa shape index (κ2) is 9.31. The van der Waals surface area contributed by atoms with Crippen LogP contribution in [0.15, 0.2) is 60.7 Å². The smallest absolute Gasteiger partial charge is 0.231 e. The van der Waals surface area contributed by atoms with Crippen LogP contribution >= 0.6 is 0 Å². The molecule has 0 aliphatic rings. The maximum absolute atomic E-state index is 11.1. The van der Waals surface area contributed by atoms with Crippen molar-refractivity contribution in [1.29, 1.82) is 0 Å². The number of methoxy groups -OCH3 is 1. The SMILES string of the molecule is CC(=O)CC(=O)Nc1ccccc1.COc1ccccc1. The molecule has 4 heteroatoms. The second-order valence-electron chi connectivity index (χ2n) is 4.31. The highest BCUT2D eigenvalue weighted by Crippen LogP contribution is 2.06. The van der Waals surface area contributed by atoms with Crippen molar-refractivity contribution in [1.82, 2.24) is 0 Å². The van der Waals surface area contributed by atoms with Gasteiger partial charge in [-0.15, -0.1) is 0 Å². The lowest BCUT2D eigenvalue weighted by Gasteiger charge is -2.01. The topological polar surface area (TPSA) is 55.4 Å². The molecule has 2 aromatic rings. The summed E-state index contributed by atoms with van der Waals surface area (Å²) in [5.74, 6) is 0.514. The van der Waals surface area contributed by atoms with Crippen LogP contribution in [-0.2, 0) is 9.59 Å². The number of rotatable bonds is 4. The number of nitrogens with one attached hydrogen (secondary N) is 1. The van der Waals surface area contributed by atoms with Crippen molar-refractivity contribution in [3.05, 3.63) is 60.7 Å². The fourth-order valence-electron chi connectivity index (χ4n) is 1.51. The Morgan fingerprint density at radius 1 is 0.952 bits per heavy atom. The van der Waals surface area contributed by atoms with Crippen molar-refractivity contribution >= 4 is 17.4 Å². The predicted octanol–water partition coefficient (Wildman–Crippen LogP) is 3.30. The van der Waals surface area contributed by atoms with Crippen LogP contribution in [0.1, 0.15) is 13.3 Å². The minimum absolute atomic E-state index is 0.0606. The largest absolute Gasteiger partial charge is 0.497 e. The number of Topliss-reactive ketones (excluding diaryl/α,β-unsaturated/α-hetero) is 1. The van der Waals surface area contributed by atoms with Gasteiger partial charge in [0, 0.05) is 5.69 Å². The van der Waals surface area contributed by atoms with E-state index in [2.05, 4.69) is 5.32 Å². The van der Waals surface area contributed by atoms with Crippen LogP contribution in [0.25, 0.3) is 0 Å². The Morgan fingerprint density at radius 3 is 1.90 bits per heavy atom. The number of anilines is 1. The zero-order valence-corrected chi connectivity index (χ0v) is 12.2. The number of hydrogen-bond donors (Lipinski definition) is 1. The lowest BCUT2D eigenvalue weighted by atomic mass is 10.2. The number of ether oxygens (including phenoxy) is 1. The second-order valence-corrected chi connectivity index (χ2v) is 4.31. The van der Waals surface area contributed by atoms with Gasteiger partial charge in [0.05, 0.1) is 13.5 Å². The maximum Gasteiger partial charge on any atom is 0.231 e. The summed E-state index contributed by atoms with van der Waals surface area (Å²) < 4.78 is 4.91. The van der Waals surface area contributed by atoms with E-state index in [0.717, 1.165) is 5.75 Å². The summed E-state index contributed by atoms with van der Waals surface area (Å²) in [4.78, 5) is 21.7. The van der Waals surface area contributed by atoms with E-state index in [-0.39, 0.29) is 18.1 Å². The predicted molar refractivity (Wildman–Crippen MR) is 83.4 cm³/mol. The Labute approximate surface area is 124 Å². The molecule has 1 amide bonds. The van der Waals surface area contributed by atoms with E-state index in [4.69, 9.17) is 4.74 Å². The molecule has 0 fully saturated rings. The average Bonchev–Trinajstić information content (AvgIpc) is 2.49. The fraction of sp³-hybridized carbons (Fsp3) is 0.176. The normalized spacial score (nSPS) is 9.05. The molecular formula is C17H19NO3. The van der Waals surface area contributed by atoms with Gasteiger partial charge in [0.15, 0.2) is 0 Å². The number of hydrogen-bond acceptors (Lipinski definition) is 3. The molecule has 0 saturated heterocycles. The summed E-state index contributed by atoms with van der Waals surface area (Å²) in [6, 6.07) is 18.7. The van der Waals surface area contributed by atoms with Gasteiger partial charge in [-0.1, -0.05) is 36.4 Å². The Hall–Kier alpha value is -2.62. The molecule has 21 heavy (non-hydrogen) atoms. The summed E-state index contributed by atoms with van der Waals surface area (Å²) in [6.45, 7) is 1.39. The van der Waals surface area contributed by atoms with Crippen molar-refractivity contribution < 1.29 is 14.3 Å². The maximum atomic E-state index is 11.1. The first-order chi connectivity index (χ1) is 10.1. The minimum atomic E-state index is -0.265. The summed E-state index contributed by atoms with van der Waals surface area (Å²) in [5, 5.41) is 2.61. The van der Waals surface area contributed by atoms with E-state index in [1.807, 2.05) is 48.5 Å². The van der Waals surface area contributed by atoms with Crippen molar-refractivity contribution in [3.8, 4) is 5.75 Å². The van der Waals surface area contributed by atoms with Crippen molar-refractivity contribution in [2.45, 2.75) is 13.3 Å². The van der Waals surface area contributed by atoms with Crippen LogP contribution in [-0.4, -0.2) is 18.8 Å². The van der Waals surface area contributed by atoms with Crippen molar-refractivity contribution in [3.63, 3.8) is 0 Å². The summed E-state index contributed by atoms with van der Waals surface area (Å²) in [5.41, 5.74) is 0.716. The molecule has 0 bridgehead atoms. The van der Waals surface area contributed by atoms with Crippen molar-refractivity contribution in [2.24, 2.45) is 0 Å². The molecule has 0 atom stereocenters. The molecule has 0 aliphatic carbocycles. The number of para-hydroxylation sites is 2. The van der Waals surface area contributed by atoms with Crippen LogP contribution in [0.5, 0.6) is 5.75 Å². The molecule has 1 N–H and O–H groups in total. The highest BCUT2D eigenvalue weighted by atomic mass is 16.5. The average molecular weight is 285 g/mol. The van der Waals surface area contributed by atoms with Crippen molar-refractivity contribution in [2.75, 3.05) is 12.4 Å². The number of amides is 1. The van der Waals surface area contributed by atoms with Crippen LogP contribution < -0.4 is 10.1 Å². The number of carbonyl (C=O) groups excluding carboxylic acids is 2. The molecule has 4 nitrogen and oxygen atoms in total. The molecule has 0 radical (unpaired) electrons. The minimum Gasteiger partial charge on any atom is -0.497 e. The first kappa shape index (κ1) is 16.4. The molecule has 0 aromatic heterocycles. The fourth-order valence-corrected chi connectivity index (χ4v) is 1.51. The molecule has 0 spiro atoms. The van der Waals surface area contributed by atoms with Crippen LogP contribution in [0.3, 0.4) is 0 Å². The van der Waals surface area contributed by atoms with E-state index in [1.54, 1.807) is 19.2 Å². The Balaban J connectivity index is 0.000000235. The zero-order chi connectivity index (χ0) is 15.5. The Morgan fingerprint density at radius 2 is 1.48 bits per heavy atom. The third kappa shape index (κ3) is 7.52. The summed E-state index contributed by atoms with van der Waals surface area (Å²) in [7, 11) is 1.66. The Bertz CT molecular complexity index is 553. The van der Waals surface area contributed by atoms with E-state index >= 15 is 0 Å². The molecule has 2 aromatic carbocycles. The van der Waals surface area contributed by atoms with Gasteiger partial charge >= 0.3 is 0 Å². The molecule has 0 heterocycles. The first-order valence-corrected chi connectivity index (χ1v) is 6.55. The molecule has 2 rings (SSSR count).